The summed E-state index contributed by atoms with van der Waals surface area (Å²) in [5.74, 6) is 0.435. The average molecular weight is 235 g/mol. The number of nitrogens with two attached hydrogens (primary N) is 1. The monoisotopic (exact) mass is 235 g/mol. The van der Waals surface area contributed by atoms with Gasteiger partial charge in [-0.05, 0) is 17.7 Å². The van der Waals surface area contributed by atoms with E-state index < -0.39 is 19.6 Å². The van der Waals surface area contributed by atoms with E-state index in [0.29, 0.717) is 12.3 Å². The van der Waals surface area contributed by atoms with E-state index in [1.807, 2.05) is 0 Å². The lowest BCUT2D eigenvalue weighted by Gasteiger charge is -2.09. The Morgan fingerprint density at radius 1 is 1.25 bits per heavy atom. The number of halogens is 3. The molecule has 0 saturated heterocycles. The molecule has 3 nitrogen and oxygen atoms in total. The van der Waals surface area contributed by atoms with Crippen molar-refractivity contribution in [1.82, 2.24) is 0 Å². The molecule has 16 heavy (non-hydrogen) atoms. The van der Waals surface area contributed by atoms with Crippen LogP contribution in [0.15, 0.2) is 24.3 Å². The van der Waals surface area contributed by atoms with Crippen molar-refractivity contribution in [2.24, 2.45) is 5.73 Å². The Labute approximate surface area is 91.0 Å². The number of alkyl halides is 3. The molecule has 0 amide bonds. The second-order valence-corrected chi connectivity index (χ2v) is 3.08. The number of hydrogen-bond acceptors (Lipinski definition) is 3. The molecule has 0 radical (unpaired) electrons. The Morgan fingerprint density at radius 2 is 2.00 bits per heavy atom. The van der Waals surface area contributed by atoms with Crippen LogP contribution in [0.1, 0.15) is 5.56 Å². The van der Waals surface area contributed by atoms with Gasteiger partial charge in [-0.2, -0.15) is 13.2 Å². The molecule has 6 heteroatoms. The zero-order chi connectivity index (χ0) is 12.0. The molecule has 0 aliphatic heterocycles. The molecule has 0 saturated carbocycles. The molecule has 2 N–H and O–H groups in total. The van der Waals surface area contributed by atoms with Gasteiger partial charge in [-0.25, -0.2) is 0 Å². The summed E-state index contributed by atoms with van der Waals surface area (Å²) in [6, 6.07) is 6.78. The minimum atomic E-state index is -4.33. The Morgan fingerprint density at radius 3 is 2.62 bits per heavy atom. The van der Waals surface area contributed by atoms with E-state index in [2.05, 4.69) is 4.74 Å². The van der Waals surface area contributed by atoms with Crippen LogP contribution in [-0.2, 0) is 11.3 Å². The van der Waals surface area contributed by atoms with Gasteiger partial charge in [0.15, 0.2) is 6.79 Å². The fourth-order valence-electron chi connectivity index (χ4n) is 1.03. The molecule has 1 aromatic carbocycles. The predicted octanol–water partition coefficient (Wildman–Crippen LogP) is 2.06. The van der Waals surface area contributed by atoms with E-state index >= 15 is 0 Å². The van der Waals surface area contributed by atoms with Crippen molar-refractivity contribution in [2.75, 3.05) is 13.4 Å². The topological polar surface area (TPSA) is 44.5 Å². The number of ether oxygens (including phenoxy) is 2. The SMILES string of the molecule is NCc1cccc(OCOCC(F)(F)F)c1. The highest BCUT2D eigenvalue weighted by molar-refractivity contribution is 5.28. The summed E-state index contributed by atoms with van der Waals surface area (Å²) in [4.78, 5) is 0. The second-order valence-electron chi connectivity index (χ2n) is 3.08. The standard InChI is InChI=1S/C10H12F3NO2/c11-10(12,13)6-15-7-16-9-3-1-2-8(4-9)5-14/h1-4H,5-7,14H2. The minimum absolute atomic E-state index is 0.348. The van der Waals surface area contributed by atoms with Crippen LogP contribution >= 0.6 is 0 Å². The maximum absolute atomic E-state index is 11.7. The van der Waals surface area contributed by atoms with Gasteiger partial charge >= 0.3 is 6.18 Å². The van der Waals surface area contributed by atoms with Crippen molar-refractivity contribution in [3.8, 4) is 5.75 Å². The number of hydrogen-bond donors (Lipinski definition) is 1. The molecule has 90 valence electrons. The Hall–Kier alpha value is -1.27. The highest BCUT2D eigenvalue weighted by Gasteiger charge is 2.27. The van der Waals surface area contributed by atoms with Crippen molar-refractivity contribution in [3.05, 3.63) is 29.8 Å². The van der Waals surface area contributed by atoms with E-state index in [4.69, 9.17) is 10.5 Å². The second kappa shape index (κ2) is 5.72. The number of benzene rings is 1. The molecule has 1 rings (SSSR count). The molecule has 0 fully saturated rings. The van der Waals surface area contributed by atoms with E-state index in [-0.39, 0.29) is 0 Å². The fraction of sp³-hybridized carbons (Fsp3) is 0.400. The van der Waals surface area contributed by atoms with Crippen LogP contribution in [0.5, 0.6) is 5.75 Å². The summed E-state index contributed by atoms with van der Waals surface area (Å²) in [5, 5.41) is 0. The van der Waals surface area contributed by atoms with Crippen molar-refractivity contribution >= 4 is 0 Å². The molecule has 0 heterocycles. The molecule has 0 spiro atoms. The first-order valence-corrected chi connectivity index (χ1v) is 4.57. The number of rotatable bonds is 5. The molecule has 0 atom stereocenters. The van der Waals surface area contributed by atoms with E-state index in [0.717, 1.165) is 5.56 Å². The quantitative estimate of drug-likeness (QED) is 0.627. The van der Waals surface area contributed by atoms with Gasteiger partial charge in [0.25, 0.3) is 0 Å². The van der Waals surface area contributed by atoms with Crippen molar-refractivity contribution in [1.29, 1.82) is 0 Å². The smallest absolute Gasteiger partial charge is 0.411 e. The maximum Gasteiger partial charge on any atom is 0.411 e. The third-order valence-electron chi connectivity index (χ3n) is 1.71. The molecule has 0 aliphatic carbocycles. The first-order chi connectivity index (χ1) is 7.51. The lowest BCUT2D eigenvalue weighted by atomic mass is 10.2. The van der Waals surface area contributed by atoms with Gasteiger partial charge in [0.05, 0.1) is 0 Å². The largest absolute Gasteiger partial charge is 0.468 e. The van der Waals surface area contributed by atoms with Gasteiger partial charge < -0.3 is 15.2 Å². The summed E-state index contributed by atoms with van der Waals surface area (Å²) in [5.41, 5.74) is 6.24. The van der Waals surface area contributed by atoms with Crippen molar-refractivity contribution < 1.29 is 22.6 Å². The van der Waals surface area contributed by atoms with Gasteiger partial charge in [-0.1, -0.05) is 12.1 Å². The van der Waals surface area contributed by atoms with Crippen LogP contribution in [-0.4, -0.2) is 19.6 Å². The highest BCUT2D eigenvalue weighted by Crippen LogP contribution is 2.16. The molecule has 0 aliphatic rings. The summed E-state index contributed by atoms with van der Waals surface area (Å²) < 4.78 is 44.4. The maximum atomic E-state index is 11.7. The molecule has 0 unspecified atom stereocenters. The molecular formula is C10H12F3NO2. The Kier molecular flexibility index (Phi) is 4.57. The fourth-order valence-corrected chi connectivity index (χ4v) is 1.03. The first kappa shape index (κ1) is 12.8. The molecule has 0 aromatic heterocycles. The van der Waals surface area contributed by atoms with E-state index in [1.54, 1.807) is 24.3 Å². The molecular weight excluding hydrogens is 223 g/mol. The summed E-state index contributed by atoms with van der Waals surface area (Å²) in [7, 11) is 0. The predicted molar refractivity (Wildman–Crippen MR) is 51.8 cm³/mol. The lowest BCUT2D eigenvalue weighted by Crippen LogP contribution is -2.19. The van der Waals surface area contributed by atoms with Crippen LogP contribution in [0.25, 0.3) is 0 Å². The summed E-state index contributed by atoms with van der Waals surface area (Å²) >= 11 is 0. The highest BCUT2D eigenvalue weighted by atomic mass is 19.4. The van der Waals surface area contributed by atoms with Gasteiger partial charge in [-0.15, -0.1) is 0 Å². The van der Waals surface area contributed by atoms with Gasteiger partial charge in [0.2, 0.25) is 0 Å². The van der Waals surface area contributed by atoms with Crippen LogP contribution in [0.4, 0.5) is 13.2 Å². The van der Waals surface area contributed by atoms with E-state index in [9.17, 15) is 13.2 Å². The average Bonchev–Trinajstić information content (AvgIpc) is 2.23. The zero-order valence-electron chi connectivity index (χ0n) is 8.46. The van der Waals surface area contributed by atoms with Crippen molar-refractivity contribution in [2.45, 2.75) is 12.7 Å². The van der Waals surface area contributed by atoms with E-state index in [1.165, 1.54) is 0 Å². The zero-order valence-corrected chi connectivity index (χ0v) is 8.46. The lowest BCUT2D eigenvalue weighted by molar-refractivity contribution is -0.186. The first-order valence-electron chi connectivity index (χ1n) is 4.57. The van der Waals surface area contributed by atoms with Crippen molar-refractivity contribution in [3.63, 3.8) is 0 Å². The van der Waals surface area contributed by atoms with Crippen LogP contribution in [0.2, 0.25) is 0 Å². The minimum Gasteiger partial charge on any atom is -0.468 e. The summed E-state index contributed by atoms with van der Waals surface area (Å²) in [6.07, 6.45) is -4.33. The Bertz CT molecular complexity index is 328. The van der Waals surface area contributed by atoms with Gasteiger partial charge in [0.1, 0.15) is 12.4 Å². The van der Waals surface area contributed by atoms with Gasteiger partial charge in [0, 0.05) is 6.54 Å². The third-order valence-corrected chi connectivity index (χ3v) is 1.71. The molecule has 0 bridgehead atoms. The van der Waals surface area contributed by atoms with Crippen LogP contribution in [0.3, 0.4) is 0 Å². The van der Waals surface area contributed by atoms with Gasteiger partial charge in [-0.3, -0.25) is 0 Å². The summed E-state index contributed by atoms with van der Waals surface area (Å²) in [6.45, 7) is -1.41. The van der Waals surface area contributed by atoms with Crippen LogP contribution in [0, 0.1) is 0 Å². The normalized spacial score (nSPS) is 11.5. The third kappa shape index (κ3) is 4.99. The molecule has 1 aromatic rings. The van der Waals surface area contributed by atoms with Crippen LogP contribution < -0.4 is 10.5 Å². The Balaban J connectivity index is 2.32.